The molecule has 0 spiro atoms. The van der Waals surface area contributed by atoms with E-state index in [0.29, 0.717) is 33.1 Å². The van der Waals surface area contributed by atoms with Gasteiger partial charge in [0.1, 0.15) is 29.3 Å². The van der Waals surface area contributed by atoms with Crippen LogP contribution in [0.2, 0.25) is 0 Å². The average molecular weight is 449 g/mol. The Morgan fingerprint density at radius 1 is 0.938 bits per heavy atom. The number of nitrogens with zero attached hydrogens (tertiary/aromatic N) is 2. The van der Waals surface area contributed by atoms with Crippen molar-refractivity contribution < 1.29 is 23.8 Å². The van der Waals surface area contributed by atoms with Crippen LogP contribution >= 0.6 is 11.3 Å². The number of thiazole rings is 1. The Balaban J connectivity index is 1.74. The number of amides is 1. The molecule has 0 fully saturated rings. The van der Waals surface area contributed by atoms with Gasteiger partial charge in [0.25, 0.3) is 5.91 Å². The van der Waals surface area contributed by atoms with Gasteiger partial charge in [-0.15, -0.1) is 0 Å². The Morgan fingerprint density at radius 2 is 1.69 bits per heavy atom. The van der Waals surface area contributed by atoms with Crippen molar-refractivity contribution in [2.45, 2.75) is 6.54 Å². The highest BCUT2D eigenvalue weighted by Crippen LogP contribution is 2.27. The number of ether oxygens (including phenoxy) is 3. The van der Waals surface area contributed by atoms with Crippen LogP contribution in [0.1, 0.15) is 10.4 Å². The molecule has 0 aliphatic rings. The molecule has 3 aromatic carbocycles. The average Bonchev–Trinajstić information content (AvgIpc) is 3.16. The zero-order chi connectivity index (χ0) is 22.5. The lowest BCUT2D eigenvalue weighted by Gasteiger charge is -2.07. The molecule has 0 saturated heterocycles. The van der Waals surface area contributed by atoms with Crippen LogP contribution in [0.4, 0.5) is 0 Å². The number of benzene rings is 3. The van der Waals surface area contributed by atoms with Gasteiger partial charge in [-0.3, -0.25) is 9.59 Å². The van der Waals surface area contributed by atoms with Gasteiger partial charge in [0, 0.05) is 5.56 Å². The van der Waals surface area contributed by atoms with Crippen molar-refractivity contribution in [3.8, 4) is 17.2 Å². The zero-order valence-electron chi connectivity index (χ0n) is 17.5. The van der Waals surface area contributed by atoms with Gasteiger partial charge in [-0.05, 0) is 42.5 Å². The molecular formula is C24H20N2O5S. The Bertz CT molecular complexity index is 1340. The fraction of sp³-hybridized carbons (Fsp3) is 0.125. The molecule has 32 heavy (non-hydrogen) atoms. The number of hydrogen-bond acceptors (Lipinski definition) is 6. The van der Waals surface area contributed by atoms with Crippen molar-refractivity contribution in [2.75, 3.05) is 14.2 Å². The SMILES string of the molecule is COC(=O)Cn1c(=NC(=O)c2cccc(Oc3ccccc3)c2)sc2cccc(OC)c21. The maximum absolute atomic E-state index is 13.0. The van der Waals surface area contributed by atoms with Crippen molar-refractivity contribution >= 4 is 33.4 Å². The van der Waals surface area contributed by atoms with Gasteiger partial charge in [-0.1, -0.05) is 41.7 Å². The third-order valence-electron chi connectivity index (χ3n) is 4.66. The van der Waals surface area contributed by atoms with Crippen LogP contribution in [0, 0.1) is 0 Å². The first-order valence-electron chi connectivity index (χ1n) is 9.74. The summed E-state index contributed by atoms with van der Waals surface area (Å²) >= 11 is 1.29. The van der Waals surface area contributed by atoms with Crippen LogP contribution in [0.3, 0.4) is 0 Å². The quantitative estimate of drug-likeness (QED) is 0.408. The van der Waals surface area contributed by atoms with E-state index in [2.05, 4.69) is 4.99 Å². The number of esters is 1. The lowest BCUT2D eigenvalue weighted by Crippen LogP contribution is -2.22. The van der Waals surface area contributed by atoms with E-state index in [1.54, 1.807) is 42.0 Å². The molecule has 0 N–H and O–H groups in total. The maximum Gasteiger partial charge on any atom is 0.325 e. The third kappa shape index (κ3) is 4.55. The van der Waals surface area contributed by atoms with Crippen molar-refractivity contribution in [2.24, 2.45) is 4.99 Å². The minimum atomic E-state index is -0.456. The molecule has 1 heterocycles. The number of methoxy groups -OCH3 is 2. The molecule has 4 aromatic rings. The van der Waals surface area contributed by atoms with E-state index in [-0.39, 0.29) is 6.54 Å². The van der Waals surface area contributed by atoms with Crippen molar-refractivity contribution in [1.29, 1.82) is 0 Å². The van der Waals surface area contributed by atoms with E-state index >= 15 is 0 Å². The summed E-state index contributed by atoms with van der Waals surface area (Å²) in [6, 6.07) is 21.6. The second kappa shape index (κ2) is 9.49. The Kier molecular flexibility index (Phi) is 6.32. The van der Waals surface area contributed by atoms with Gasteiger partial charge in [-0.2, -0.15) is 4.99 Å². The largest absolute Gasteiger partial charge is 0.495 e. The van der Waals surface area contributed by atoms with Crippen LogP contribution in [0.25, 0.3) is 10.2 Å². The topological polar surface area (TPSA) is 79.1 Å². The van der Waals surface area contributed by atoms with E-state index in [0.717, 1.165) is 4.70 Å². The van der Waals surface area contributed by atoms with Gasteiger partial charge in [0.2, 0.25) is 0 Å². The minimum absolute atomic E-state index is 0.0971. The Morgan fingerprint density at radius 3 is 2.44 bits per heavy atom. The minimum Gasteiger partial charge on any atom is -0.495 e. The van der Waals surface area contributed by atoms with Crippen molar-refractivity contribution in [3.63, 3.8) is 0 Å². The van der Waals surface area contributed by atoms with Crippen molar-refractivity contribution in [3.05, 3.63) is 83.2 Å². The number of rotatable bonds is 6. The smallest absolute Gasteiger partial charge is 0.325 e. The van der Waals surface area contributed by atoms with Gasteiger partial charge in [0.05, 0.1) is 18.9 Å². The van der Waals surface area contributed by atoms with Crippen LogP contribution in [0.5, 0.6) is 17.2 Å². The summed E-state index contributed by atoms with van der Waals surface area (Å²) in [4.78, 5) is 29.7. The van der Waals surface area contributed by atoms with E-state index in [4.69, 9.17) is 14.2 Å². The number of fused-ring (bicyclic) bond motifs is 1. The van der Waals surface area contributed by atoms with Crippen LogP contribution in [-0.4, -0.2) is 30.7 Å². The summed E-state index contributed by atoms with van der Waals surface area (Å²) in [5.74, 6) is 0.865. The standard InChI is InChI=1S/C24H20N2O5S/c1-29-19-12-7-13-20-22(19)26(15-21(27)30-2)24(32-20)25-23(28)16-8-6-11-18(14-16)31-17-9-4-3-5-10-17/h3-14H,15H2,1-2H3. The first kappa shape index (κ1) is 21.3. The summed E-state index contributed by atoms with van der Waals surface area (Å²) < 4.78 is 18.6. The number of para-hydroxylation sites is 2. The number of hydrogen-bond donors (Lipinski definition) is 0. The van der Waals surface area contributed by atoms with Gasteiger partial charge in [0.15, 0.2) is 4.80 Å². The van der Waals surface area contributed by atoms with Gasteiger partial charge < -0.3 is 18.8 Å². The molecule has 0 bridgehead atoms. The molecule has 162 valence electrons. The zero-order valence-corrected chi connectivity index (χ0v) is 18.3. The molecular weight excluding hydrogens is 428 g/mol. The summed E-state index contributed by atoms with van der Waals surface area (Å²) in [6.45, 7) is -0.0971. The van der Waals surface area contributed by atoms with Gasteiger partial charge >= 0.3 is 5.97 Å². The number of aromatic nitrogens is 1. The Hall–Kier alpha value is -3.91. The molecule has 7 nitrogen and oxygen atoms in total. The second-order valence-corrected chi connectivity index (χ2v) is 7.72. The predicted octanol–water partition coefficient (Wildman–Crippen LogP) is 4.42. The normalized spacial score (nSPS) is 11.4. The highest BCUT2D eigenvalue weighted by molar-refractivity contribution is 7.16. The summed E-state index contributed by atoms with van der Waals surface area (Å²) in [6.07, 6.45) is 0. The predicted molar refractivity (Wildman–Crippen MR) is 121 cm³/mol. The highest BCUT2D eigenvalue weighted by atomic mass is 32.1. The molecule has 4 rings (SSSR count). The van der Waals surface area contributed by atoms with Gasteiger partial charge in [-0.25, -0.2) is 0 Å². The van der Waals surface area contributed by atoms with Crippen molar-refractivity contribution in [1.82, 2.24) is 4.57 Å². The second-order valence-electron chi connectivity index (χ2n) is 6.71. The molecule has 0 radical (unpaired) electrons. The summed E-state index contributed by atoms with van der Waals surface area (Å²) in [7, 11) is 2.87. The molecule has 0 aliphatic heterocycles. The molecule has 0 aliphatic carbocycles. The first-order valence-corrected chi connectivity index (χ1v) is 10.6. The molecule has 0 saturated carbocycles. The van der Waals surface area contributed by atoms with E-state index in [1.165, 1.54) is 18.4 Å². The summed E-state index contributed by atoms with van der Waals surface area (Å²) in [5.41, 5.74) is 1.05. The number of carbonyl (C=O) groups is 2. The molecule has 1 amide bonds. The molecule has 0 unspecified atom stereocenters. The van der Waals surface area contributed by atoms with Crippen LogP contribution in [0.15, 0.2) is 77.8 Å². The molecule has 0 atom stereocenters. The first-order chi connectivity index (χ1) is 15.6. The fourth-order valence-electron chi connectivity index (χ4n) is 3.16. The summed E-state index contributed by atoms with van der Waals surface area (Å²) in [5, 5.41) is 0. The maximum atomic E-state index is 13.0. The lowest BCUT2D eigenvalue weighted by atomic mass is 10.2. The third-order valence-corrected chi connectivity index (χ3v) is 5.70. The number of carbonyl (C=O) groups excluding carboxylic acids is 2. The van der Waals surface area contributed by atoms with E-state index in [9.17, 15) is 9.59 Å². The molecule has 1 aromatic heterocycles. The monoisotopic (exact) mass is 448 g/mol. The van der Waals surface area contributed by atoms with Crippen LogP contribution < -0.4 is 14.3 Å². The Labute approximate surface area is 188 Å². The van der Waals surface area contributed by atoms with Crippen LogP contribution in [-0.2, 0) is 16.1 Å². The van der Waals surface area contributed by atoms with E-state index in [1.807, 2.05) is 42.5 Å². The van der Waals surface area contributed by atoms with E-state index < -0.39 is 11.9 Å². The lowest BCUT2D eigenvalue weighted by molar-refractivity contribution is -0.141. The highest BCUT2D eigenvalue weighted by Gasteiger charge is 2.16. The fourth-order valence-corrected chi connectivity index (χ4v) is 4.20. The molecule has 8 heteroatoms.